The number of nitrogens with two attached hydrogens (primary N) is 1. The van der Waals surface area contributed by atoms with Gasteiger partial charge >= 0.3 is 0 Å². The van der Waals surface area contributed by atoms with Gasteiger partial charge in [-0.25, -0.2) is 10.3 Å². The number of halogens is 1. The summed E-state index contributed by atoms with van der Waals surface area (Å²) >= 11 is 0. The normalized spacial score (nSPS) is 10.3. The first-order valence-corrected chi connectivity index (χ1v) is 4.34. The van der Waals surface area contributed by atoms with E-state index in [0.29, 0.717) is 18.6 Å². The van der Waals surface area contributed by atoms with Gasteiger partial charge in [0.25, 0.3) is 0 Å². The number of hydrogen-bond acceptors (Lipinski definition) is 3. The monoisotopic (exact) mass is 199 g/mol. The highest BCUT2D eigenvalue weighted by Crippen LogP contribution is 2.25. The lowest BCUT2D eigenvalue weighted by Crippen LogP contribution is -2.06. The van der Waals surface area contributed by atoms with Crippen LogP contribution in [0.4, 0.5) is 4.39 Å². The van der Waals surface area contributed by atoms with E-state index in [0.717, 1.165) is 5.56 Å². The topological polar surface area (TPSA) is 44.5 Å². The Balaban J connectivity index is 2.98. The molecule has 1 rings (SSSR count). The molecule has 0 radical (unpaired) electrons. The van der Waals surface area contributed by atoms with E-state index >= 15 is 0 Å². The van der Waals surface area contributed by atoms with E-state index in [4.69, 9.17) is 10.6 Å². The Morgan fingerprint density at radius 2 is 2.14 bits per heavy atom. The molecule has 1 aromatic carbocycles. The maximum Gasteiger partial charge on any atom is 0.168 e. The minimum Gasteiger partial charge on any atom is -0.493 e. The van der Waals surface area contributed by atoms with E-state index in [9.17, 15) is 4.39 Å². The molecule has 1 aromatic rings. The molecular formula is C10H14FNO2. The summed E-state index contributed by atoms with van der Waals surface area (Å²) in [5, 5.41) is 0. The average molecular weight is 199 g/mol. The smallest absolute Gasteiger partial charge is 0.168 e. The van der Waals surface area contributed by atoms with Gasteiger partial charge in [-0.1, -0.05) is 12.1 Å². The maximum absolute atomic E-state index is 13.5. The third kappa shape index (κ3) is 2.21. The first kappa shape index (κ1) is 10.9. The van der Waals surface area contributed by atoms with Gasteiger partial charge in [0, 0.05) is 6.42 Å². The summed E-state index contributed by atoms with van der Waals surface area (Å²) in [6, 6.07) is 3.53. The van der Waals surface area contributed by atoms with E-state index in [1.165, 1.54) is 7.11 Å². The molecule has 0 aliphatic rings. The molecule has 0 aliphatic heterocycles. The van der Waals surface area contributed by atoms with Crippen molar-refractivity contribution in [3.05, 3.63) is 29.1 Å². The number of aryl methyl sites for hydroxylation is 1. The summed E-state index contributed by atoms with van der Waals surface area (Å²) in [5.41, 5.74) is 1.33. The lowest BCUT2D eigenvalue weighted by Gasteiger charge is -2.10. The summed E-state index contributed by atoms with van der Waals surface area (Å²) in [6.45, 7) is 2.04. The molecule has 2 N–H and O–H groups in total. The van der Waals surface area contributed by atoms with Crippen LogP contribution in [0.2, 0.25) is 0 Å². The molecule has 0 amide bonds. The molecule has 0 aromatic heterocycles. The van der Waals surface area contributed by atoms with Crippen molar-refractivity contribution in [1.82, 2.24) is 0 Å². The SMILES string of the molecule is COc1c(CCON)ccc(C)c1F. The Bertz CT molecular complexity index is 315. The number of benzene rings is 1. The largest absolute Gasteiger partial charge is 0.493 e. The number of methoxy groups -OCH3 is 1. The minimum absolute atomic E-state index is 0.280. The molecule has 14 heavy (non-hydrogen) atoms. The van der Waals surface area contributed by atoms with Crippen molar-refractivity contribution >= 4 is 0 Å². The quantitative estimate of drug-likeness (QED) is 0.749. The molecule has 78 valence electrons. The van der Waals surface area contributed by atoms with Crippen molar-refractivity contribution in [2.75, 3.05) is 13.7 Å². The van der Waals surface area contributed by atoms with Crippen molar-refractivity contribution in [3.8, 4) is 5.75 Å². The van der Waals surface area contributed by atoms with Crippen LogP contribution in [0.5, 0.6) is 5.75 Å². The standard InChI is InChI=1S/C10H14FNO2/c1-7-3-4-8(5-6-14-12)10(13-2)9(7)11/h3-4H,5-6,12H2,1-2H3. The molecule has 4 heteroatoms. The van der Waals surface area contributed by atoms with Crippen LogP contribution in [-0.4, -0.2) is 13.7 Å². The van der Waals surface area contributed by atoms with Gasteiger partial charge in [-0.15, -0.1) is 0 Å². The second-order valence-electron chi connectivity index (χ2n) is 3.01. The average Bonchev–Trinajstić information content (AvgIpc) is 2.20. The molecule has 0 saturated carbocycles. The molecule has 0 fully saturated rings. The molecule has 3 nitrogen and oxygen atoms in total. The fraction of sp³-hybridized carbons (Fsp3) is 0.400. The van der Waals surface area contributed by atoms with Gasteiger partial charge < -0.3 is 9.57 Å². The summed E-state index contributed by atoms with van der Waals surface area (Å²) < 4.78 is 18.5. The first-order chi connectivity index (χ1) is 6.70. The summed E-state index contributed by atoms with van der Waals surface area (Å²) in [4.78, 5) is 4.44. The number of hydrogen-bond donors (Lipinski definition) is 1. The van der Waals surface area contributed by atoms with Gasteiger partial charge in [-0.05, 0) is 18.1 Å². The van der Waals surface area contributed by atoms with Crippen LogP contribution in [0.15, 0.2) is 12.1 Å². The van der Waals surface area contributed by atoms with Crippen LogP contribution in [0.3, 0.4) is 0 Å². The van der Waals surface area contributed by atoms with E-state index in [1.807, 2.05) is 6.07 Å². The van der Waals surface area contributed by atoms with Crippen LogP contribution in [0.25, 0.3) is 0 Å². The molecule has 0 bridgehead atoms. The minimum atomic E-state index is -0.318. The zero-order valence-corrected chi connectivity index (χ0v) is 8.34. The zero-order chi connectivity index (χ0) is 10.6. The molecular weight excluding hydrogens is 185 g/mol. The highest BCUT2D eigenvalue weighted by molar-refractivity contribution is 5.39. The van der Waals surface area contributed by atoms with Gasteiger partial charge in [0.2, 0.25) is 0 Å². The lowest BCUT2D eigenvalue weighted by atomic mass is 10.1. The van der Waals surface area contributed by atoms with Crippen molar-refractivity contribution in [3.63, 3.8) is 0 Å². The van der Waals surface area contributed by atoms with E-state index < -0.39 is 0 Å². The number of rotatable bonds is 4. The predicted octanol–water partition coefficient (Wildman–Crippen LogP) is 1.58. The molecule has 0 atom stereocenters. The van der Waals surface area contributed by atoms with Crippen molar-refractivity contribution in [2.45, 2.75) is 13.3 Å². The third-order valence-electron chi connectivity index (χ3n) is 2.07. The first-order valence-electron chi connectivity index (χ1n) is 4.34. The molecule has 0 unspecified atom stereocenters. The van der Waals surface area contributed by atoms with Crippen LogP contribution in [0.1, 0.15) is 11.1 Å². The molecule has 0 heterocycles. The highest BCUT2D eigenvalue weighted by atomic mass is 19.1. The zero-order valence-electron chi connectivity index (χ0n) is 8.34. The van der Waals surface area contributed by atoms with Gasteiger partial charge in [0.1, 0.15) is 0 Å². The Labute approximate surface area is 82.6 Å². The second-order valence-corrected chi connectivity index (χ2v) is 3.01. The summed E-state index contributed by atoms with van der Waals surface area (Å²) in [7, 11) is 1.45. The van der Waals surface area contributed by atoms with E-state index in [-0.39, 0.29) is 11.6 Å². The summed E-state index contributed by atoms with van der Waals surface area (Å²) in [6.07, 6.45) is 0.539. The van der Waals surface area contributed by atoms with Crippen LogP contribution >= 0.6 is 0 Å². The Morgan fingerprint density at radius 1 is 1.43 bits per heavy atom. The predicted molar refractivity (Wildman–Crippen MR) is 51.5 cm³/mol. The fourth-order valence-corrected chi connectivity index (χ4v) is 1.28. The lowest BCUT2D eigenvalue weighted by molar-refractivity contribution is 0.140. The van der Waals surface area contributed by atoms with Crippen LogP contribution < -0.4 is 10.6 Å². The van der Waals surface area contributed by atoms with Crippen molar-refractivity contribution in [1.29, 1.82) is 0 Å². The Morgan fingerprint density at radius 3 is 2.71 bits per heavy atom. The van der Waals surface area contributed by atoms with Gasteiger partial charge in [0.05, 0.1) is 13.7 Å². The molecule has 0 saturated heterocycles. The van der Waals surface area contributed by atoms with Crippen molar-refractivity contribution in [2.24, 2.45) is 5.90 Å². The third-order valence-corrected chi connectivity index (χ3v) is 2.07. The Hall–Kier alpha value is -1.13. The Kier molecular flexibility index (Phi) is 3.85. The molecule has 0 aliphatic carbocycles. The molecule has 0 spiro atoms. The van der Waals surface area contributed by atoms with Gasteiger partial charge in [0.15, 0.2) is 11.6 Å². The van der Waals surface area contributed by atoms with E-state index in [1.54, 1.807) is 13.0 Å². The number of ether oxygens (including phenoxy) is 1. The van der Waals surface area contributed by atoms with Gasteiger partial charge in [-0.2, -0.15) is 0 Å². The van der Waals surface area contributed by atoms with Crippen LogP contribution in [0, 0.1) is 12.7 Å². The van der Waals surface area contributed by atoms with Crippen molar-refractivity contribution < 1.29 is 14.0 Å². The maximum atomic E-state index is 13.5. The van der Waals surface area contributed by atoms with Crippen LogP contribution in [-0.2, 0) is 11.3 Å². The van der Waals surface area contributed by atoms with E-state index in [2.05, 4.69) is 4.84 Å². The highest BCUT2D eigenvalue weighted by Gasteiger charge is 2.11. The van der Waals surface area contributed by atoms with Gasteiger partial charge in [-0.3, -0.25) is 0 Å². The fourth-order valence-electron chi connectivity index (χ4n) is 1.28. The second kappa shape index (κ2) is 4.93. The summed E-state index contributed by atoms with van der Waals surface area (Å²) in [5.74, 6) is 4.86.